The van der Waals surface area contributed by atoms with Crippen LogP contribution in [0, 0.1) is 0 Å². The van der Waals surface area contributed by atoms with Gasteiger partial charge in [0.25, 0.3) is 0 Å². The minimum Gasteiger partial charge on any atom is -0.367 e. The van der Waals surface area contributed by atoms with E-state index < -0.39 is 0 Å². The SMILES string of the molecule is Cn1cc(CCC(=O)C2CN3CCCC3CO2)cn1. The van der Waals surface area contributed by atoms with Crippen molar-refractivity contribution >= 4 is 5.78 Å². The minimum atomic E-state index is -0.217. The predicted octanol–water partition coefficient (Wildman–Crippen LogP) is 0.785. The van der Waals surface area contributed by atoms with Gasteiger partial charge in [-0.1, -0.05) is 0 Å². The van der Waals surface area contributed by atoms with Crippen LogP contribution in [0.3, 0.4) is 0 Å². The number of carbonyl (C=O) groups excluding carboxylic acids is 1. The molecule has 2 atom stereocenters. The number of hydrogen-bond donors (Lipinski definition) is 0. The van der Waals surface area contributed by atoms with Crippen LogP contribution in [-0.4, -0.2) is 52.3 Å². The number of nitrogens with zero attached hydrogens (tertiary/aromatic N) is 3. The van der Waals surface area contributed by atoms with Gasteiger partial charge in [0.2, 0.25) is 0 Å². The van der Waals surface area contributed by atoms with Crippen LogP contribution in [0.1, 0.15) is 24.8 Å². The Morgan fingerprint density at radius 1 is 1.58 bits per heavy atom. The molecule has 0 radical (unpaired) electrons. The number of hydrogen-bond acceptors (Lipinski definition) is 4. The van der Waals surface area contributed by atoms with Crippen molar-refractivity contribution in [2.24, 2.45) is 7.05 Å². The number of fused-ring (bicyclic) bond motifs is 1. The summed E-state index contributed by atoms with van der Waals surface area (Å²) in [4.78, 5) is 14.6. The number of carbonyl (C=O) groups is 1. The fraction of sp³-hybridized carbons (Fsp3) is 0.714. The number of rotatable bonds is 4. The van der Waals surface area contributed by atoms with Gasteiger partial charge in [0.1, 0.15) is 6.10 Å². The molecule has 0 aromatic carbocycles. The molecule has 1 aromatic rings. The van der Waals surface area contributed by atoms with E-state index in [-0.39, 0.29) is 11.9 Å². The average molecular weight is 263 g/mol. The number of ketones is 1. The molecule has 2 aliphatic rings. The van der Waals surface area contributed by atoms with Gasteiger partial charge in [0, 0.05) is 32.3 Å². The Balaban J connectivity index is 1.50. The molecule has 0 N–H and O–H groups in total. The highest BCUT2D eigenvalue weighted by molar-refractivity contribution is 5.83. The number of aryl methyl sites for hydroxylation is 2. The Hall–Kier alpha value is -1.20. The molecule has 5 nitrogen and oxygen atoms in total. The largest absolute Gasteiger partial charge is 0.367 e. The molecule has 0 saturated carbocycles. The number of ether oxygens (including phenoxy) is 1. The van der Waals surface area contributed by atoms with Gasteiger partial charge in [-0.25, -0.2) is 0 Å². The van der Waals surface area contributed by atoms with Crippen molar-refractivity contribution in [3.05, 3.63) is 18.0 Å². The Morgan fingerprint density at radius 3 is 3.26 bits per heavy atom. The van der Waals surface area contributed by atoms with Crippen LogP contribution in [0.5, 0.6) is 0 Å². The minimum absolute atomic E-state index is 0.217. The summed E-state index contributed by atoms with van der Waals surface area (Å²) in [6.07, 6.45) is 7.34. The Bertz CT molecular complexity index is 457. The number of Topliss-reactive ketones (excluding diaryl/α,β-unsaturated/α-hetero) is 1. The van der Waals surface area contributed by atoms with Crippen molar-refractivity contribution in [3.8, 4) is 0 Å². The van der Waals surface area contributed by atoms with E-state index in [1.54, 1.807) is 4.68 Å². The second-order valence-corrected chi connectivity index (χ2v) is 5.60. The standard InChI is InChI=1S/C14H21N3O2/c1-16-8-11(7-15-16)4-5-13(18)14-9-17-6-2-3-12(17)10-19-14/h7-8,12,14H,2-6,9-10H2,1H3. The lowest BCUT2D eigenvalue weighted by Gasteiger charge is -2.34. The summed E-state index contributed by atoms with van der Waals surface area (Å²) < 4.78 is 7.50. The fourth-order valence-corrected chi connectivity index (χ4v) is 3.04. The first-order valence-corrected chi connectivity index (χ1v) is 7.08. The second-order valence-electron chi connectivity index (χ2n) is 5.60. The van der Waals surface area contributed by atoms with E-state index in [4.69, 9.17) is 4.74 Å². The van der Waals surface area contributed by atoms with E-state index in [9.17, 15) is 4.79 Å². The molecular weight excluding hydrogens is 242 g/mol. The molecule has 0 aliphatic carbocycles. The Kier molecular flexibility index (Phi) is 3.66. The van der Waals surface area contributed by atoms with Gasteiger partial charge in [-0.15, -0.1) is 0 Å². The van der Waals surface area contributed by atoms with E-state index in [1.807, 2.05) is 19.4 Å². The van der Waals surface area contributed by atoms with Crippen LogP contribution in [0.2, 0.25) is 0 Å². The molecule has 2 fully saturated rings. The lowest BCUT2D eigenvalue weighted by atomic mass is 10.1. The third kappa shape index (κ3) is 2.87. The van der Waals surface area contributed by atoms with E-state index in [1.165, 1.54) is 12.8 Å². The molecule has 5 heteroatoms. The molecule has 3 heterocycles. The second kappa shape index (κ2) is 5.43. The Labute approximate surface area is 113 Å². The van der Waals surface area contributed by atoms with Crippen molar-refractivity contribution in [2.75, 3.05) is 19.7 Å². The molecule has 0 spiro atoms. The molecule has 2 unspecified atom stereocenters. The van der Waals surface area contributed by atoms with Gasteiger partial charge >= 0.3 is 0 Å². The van der Waals surface area contributed by atoms with Crippen LogP contribution in [0.15, 0.2) is 12.4 Å². The van der Waals surface area contributed by atoms with Crippen LogP contribution in [0.4, 0.5) is 0 Å². The quantitative estimate of drug-likeness (QED) is 0.805. The maximum Gasteiger partial charge on any atom is 0.163 e. The molecule has 2 saturated heterocycles. The van der Waals surface area contributed by atoms with Gasteiger partial charge in [-0.2, -0.15) is 5.10 Å². The topological polar surface area (TPSA) is 47.4 Å². The molecular formula is C14H21N3O2. The normalized spacial score (nSPS) is 27.4. The first-order chi connectivity index (χ1) is 9.22. The molecule has 104 valence electrons. The fourth-order valence-electron chi connectivity index (χ4n) is 3.04. The highest BCUT2D eigenvalue weighted by Gasteiger charge is 2.34. The summed E-state index contributed by atoms with van der Waals surface area (Å²) in [6, 6.07) is 0.558. The highest BCUT2D eigenvalue weighted by atomic mass is 16.5. The summed E-state index contributed by atoms with van der Waals surface area (Å²) in [5, 5.41) is 4.12. The zero-order chi connectivity index (χ0) is 13.2. The van der Waals surface area contributed by atoms with Crippen molar-refractivity contribution in [1.82, 2.24) is 14.7 Å². The molecule has 0 amide bonds. The van der Waals surface area contributed by atoms with Gasteiger partial charge in [-0.3, -0.25) is 14.4 Å². The zero-order valence-electron chi connectivity index (χ0n) is 11.4. The summed E-state index contributed by atoms with van der Waals surface area (Å²) in [7, 11) is 1.89. The van der Waals surface area contributed by atoms with Crippen LogP contribution < -0.4 is 0 Å². The number of morpholine rings is 1. The van der Waals surface area contributed by atoms with Crippen molar-refractivity contribution in [2.45, 2.75) is 37.8 Å². The van der Waals surface area contributed by atoms with E-state index >= 15 is 0 Å². The predicted molar refractivity (Wildman–Crippen MR) is 70.9 cm³/mol. The highest BCUT2D eigenvalue weighted by Crippen LogP contribution is 2.23. The molecule has 1 aromatic heterocycles. The first-order valence-electron chi connectivity index (χ1n) is 7.08. The monoisotopic (exact) mass is 263 g/mol. The van der Waals surface area contributed by atoms with Crippen LogP contribution in [-0.2, 0) is 23.0 Å². The first kappa shape index (κ1) is 12.8. The average Bonchev–Trinajstić information content (AvgIpc) is 3.03. The van der Waals surface area contributed by atoms with Crippen molar-refractivity contribution in [3.63, 3.8) is 0 Å². The van der Waals surface area contributed by atoms with Gasteiger partial charge in [0.05, 0.1) is 12.8 Å². The third-order valence-corrected chi connectivity index (χ3v) is 4.17. The molecule has 3 rings (SSSR count). The summed E-state index contributed by atoms with van der Waals surface area (Å²) >= 11 is 0. The van der Waals surface area contributed by atoms with Crippen molar-refractivity contribution < 1.29 is 9.53 Å². The summed E-state index contributed by atoms with van der Waals surface area (Å²) in [6.45, 7) is 2.64. The lowest BCUT2D eigenvalue weighted by Crippen LogP contribution is -2.49. The lowest BCUT2D eigenvalue weighted by molar-refractivity contribution is -0.138. The van der Waals surface area contributed by atoms with Crippen molar-refractivity contribution in [1.29, 1.82) is 0 Å². The maximum absolute atomic E-state index is 12.2. The van der Waals surface area contributed by atoms with Gasteiger partial charge < -0.3 is 4.74 Å². The van der Waals surface area contributed by atoms with Crippen LogP contribution in [0.25, 0.3) is 0 Å². The van der Waals surface area contributed by atoms with Gasteiger partial charge in [0.15, 0.2) is 5.78 Å². The van der Waals surface area contributed by atoms with Gasteiger partial charge in [-0.05, 0) is 31.4 Å². The maximum atomic E-state index is 12.2. The summed E-state index contributed by atoms with van der Waals surface area (Å²) in [5.41, 5.74) is 1.12. The smallest absolute Gasteiger partial charge is 0.163 e. The Morgan fingerprint density at radius 2 is 2.47 bits per heavy atom. The summed E-state index contributed by atoms with van der Waals surface area (Å²) in [5.74, 6) is 0.231. The number of aromatic nitrogens is 2. The van der Waals surface area contributed by atoms with E-state index in [2.05, 4.69) is 10.00 Å². The third-order valence-electron chi connectivity index (χ3n) is 4.17. The molecule has 0 bridgehead atoms. The molecule has 2 aliphatic heterocycles. The van der Waals surface area contributed by atoms with Crippen LogP contribution >= 0.6 is 0 Å². The van der Waals surface area contributed by atoms with E-state index in [0.717, 1.165) is 31.7 Å². The zero-order valence-corrected chi connectivity index (χ0v) is 11.4. The molecule has 19 heavy (non-hydrogen) atoms. The van der Waals surface area contributed by atoms with E-state index in [0.29, 0.717) is 12.5 Å².